The Morgan fingerprint density at radius 1 is 1.43 bits per heavy atom. The second-order valence-electron chi connectivity index (χ2n) is 5.05. The monoisotopic (exact) mass is 310 g/mol. The van der Waals surface area contributed by atoms with Crippen LogP contribution in [0.4, 0.5) is 5.00 Å². The molecule has 0 aromatic carbocycles. The molecule has 2 N–H and O–H groups in total. The van der Waals surface area contributed by atoms with Gasteiger partial charge in [-0.2, -0.15) is 0 Å². The molecule has 1 fully saturated rings. The molecule has 1 atom stereocenters. The molecule has 1 amide bonds. The maximum atomic E-state index is 12.2. The summed E-state index contributed by atoms with van der Waals surface area (Å²) in [6.07, 6.45) is 2.59. The summed E-state index contributed by atoms with van der Waals surface area (Å²) in [4.78, 5) is 25.5. The molecule has 21 heavy (non-hydrogen) atoms. The van der Waals surface area contributed by atoms with Crippen molar-refractivity contribution in [2.24, 2.45) is 0 Å². The van der Waals surface area contributed by atoms with Crippen molar-refractivity contribution < 1.29 is 14.3 Å². The highest BCUT2D eigenvalue weighted by Gasteiger charge is 2.27. The van der Waals surface area contributed by atoms with Gasteiger partial charge in [-0.3, -0.25) is 4.79 Å². The van der Waals surface area contributed by atoms with Gasteiger partial charge in [0.1, 0.15) is 5.00 Å². The van der Waals surface area contributed by atoms with E-state index in [0.717, 1.165) is 36.2 Å². The second-order valence-corrected chi connectivity index (χ2v) is 6.28. The molecule has 0 radical (unpaired) electrons. The molecule has 5 nitrogen and oxygen atoms in total. The van der Waals surface area contributed by atoms with Crippen LogP contribution in [0.1, 0.15) is 47.5 Å². The van der Waals surface area contributed by atoms with E-state index in [1.807, 2.05) is 13.8 Å². The molecule has 0 aliphatic carbocycles. The zero-order valence-corrected chi connectivity index (χ0v) is 13.6. The SMILES string of the molecule is CCOC(=O)c1c(NC(=O)[C@@H]2CCCN2)sc(C)c1CC. The Balaban J connectivity index is 2.25. The molecule has 1 aliphatic heterocycles. The van der Waals surface area contributed by atoms with Crippen molar-refractivity contribution in [1.29, 1.82) is 0 Å². The summed E-state index contributed by atoms with van der Waals surface area (Å²) in [7, 11) is 0. The van der Waals surface area contributed by atoms with E-state index in [-0.39, 0.29) is 17.9 Å². The van der Waals surface area contributed by atoms with Gasteiger partial charge in [-0.1, -0.05) is 6.92 Å². The summed E-state index contributed by atoms with van der Waals surface area (Å²) in [5.41, 5.74) is 1.49. The fraction of sp³-hybridized carbons (Fsp3) is 0.600. The number of hydrogen-bond acceptors (Lipinski definition) is 5. The molecule has 6 heteroatoms. The lowest BCUT2D eigenvalue weighted by Crippen LogP contribution is -2.35. The number of hydrogen-bond donors (Lipinski definition) is 2. The van der Waals surface area contributed by atoms with Crippen molar-refractivity contribution in [3.63, 3.8) is 0 Å². The first-order valence-corrected chi connectivity index (χ1v) is 8.23. The van der Waals surface area contributed by atoms with Crippen LogP contribution in [-0.2, 0) is 16.0 Å². The van der Waals surface area contributed by atoms with Crippen molar-refractivity contribution in [2.45, 2.75) is 46.1 Å². The Morgan fingerprint density at radius 2 is 2.19 bits per heavy atom. The van der Waals surface area contributed by atoms with E-state index in [2.05, 4.69) is 10.6 Å². The number of rotatable bonds is 5. The van der Waals surface area contributed by atoms with E-state index in [4.69, 9.17) is 4.74 Å². The minimum atomic E-state index is -0.353. The van der Waals surface area contributed by atoms with Crippen molar-refractivity contribution in [2.75, 3.05) is 18.5 Å². The first-order valence-electron chi connectivity index (χ1n) is 7.42. The number of nitrogens with one attached hydrogen (secondary N) is 2. The fourth-order valence-corrected chi connectivity index (χ4v) is 3.76. The maximum Gasteiger partial charge on any atom is 0.341 e. The molecule has 1 saturated heterocycles. The normalized spacial score (nSPS) is 17.8. The third-order valence-corrected chi connectivity index (χ3v) is 4.72. The van der Waals surface area contributed by atoms with Gasteiger partial charge in [0.25, 0.3) is 0 Å². The maximum absolute atomic E-state index is 12.2. The van der Waals surface area contributed by atoms with Crippen LogP contribution in [0, 0.1) is 6.92 Å². The molecule has 2 rings (SSSR count). The first-order chi connectivity index (χ1) is 10.1. The number of amides is 1. The van der Waals surface area contributed by atoms with Crippen LogP contribution in [0.2, 0.25) is 0 Å². The Morgan fingerprint density at radius 3 is 2.76 bits per heavy atom. The van der Waals surface area contributed by atoms with Gasteiger partial charge in [0.05, 0.1) is 18.2 Å². The molecule has 1 aliphatic rings. The average Bonchev–Trinajstić information content (AvgIpc) is 3.06. The van der Waals surface area contributed by atoms with Crippen molar-refractivity contribution in [3.8, 4) is 0 Å². The standard InChI is InChI=1S/C15H22N2O3S/c1-4-10-9(3)21-14(12(10)15(19)20-5-2)17-13(18)11-7-6-8-16-11/h11,16H,4-8H2,1-3H3,(H,17,18)/t11-/m0/s1. The molecule has 0 spiro atoms. The fourth-order valence-electron chi connectivity index (χ4n) is 2.62. The molecule has 0 saturated carbocycles. The predicted octanol–water partition coefficient (Wildman–Crippen LogP) is 2.49. The lowest BCUT2D eigenvalue weighted by Gasteiger charge is -2.11. The van der Waals surface area contributed by atoms with E-state index >= 15 is 0 Å². The summed E-state index contributed by atoms with van der Waals surface area (Å²) in [6, 6.07) is -0.160. The largest absolute Gasteiger partial charge is 0.462 e. The average molecular weight is 310 g/mol. The summed E-state index contributed by atoms with van der Waals surface area (Å²) >= 11 is 1.45. The minimum Gasteiger partial charge on any atom is -0.462 e. The van der Waals surface area contributed by atoms with Crippen LogP contribution in [0.25, 0.3) is 0 Å². The summed E-state index contributed by atoms with van der Waals surface area (Å²) in [5.74, 6) is -0.421. The highest BCUT2D eigenvalue weighted by molar-refractivity contribution is 7.16. The van der Waals surface area contributed by atoms with E-state index in [1.165, 1.54) is 11.3 Å². The second kappa shape index (κ2) is 7.04. The van der Waals surface area contributed by atoms with Gasteiger partial charge >= 0.3 is 5.97 Å². The number of anilines is 1. The lowest BCUT2D eigenvalue weighted by molar-refractivity contribution is -0.117. The number of thiophene rings is 1. The van der Waals surface area contributed by atoms with Crippen molar-refractivity contribution in [3.05, 3.63) is 16.0 Å². The van der Waals surface area contributed by atoms with E-state index in [1.54, 1.807) is 6.92 Å². The van der Waals surface area contributed by atoms with Crippen LogP contribution < -0.4 is 10.6 Å². The minimum absolute atomic E-state index is 0.0676. The zero-order chi connectivity index (χ0) is 15.4. The highest BCUT2D eigenvalue weighted by Crippen LogP contribution is 2.34. The lowest BCUT2D eigenvalue weighted by atomic mass is 10.1. The molecule has 1 aromatic rings. The zero-order valence-electron chi connectivity index (χ0n) is 12.7. The predicted molar refractivity (Wildman–Crippen MR) is 84.0 cm³/mol. The Hall–Kier alpha value is -1.40. The number of ether oxygens (including phenoxy) is 1. The van der Waals surface area contributed by atoms with Crippen LogP contribution in [0.3, 0.4) is 0 Å². The number of carbonyl (C=O) groups excluding carboxylic acids is 2. The van der Waals surface area contributed by atoms with Crippen LogP contribution in [-0.4, -0.2) is 31.1 Å². The smallest absolute Gasteiger partial charge is 0.341 e. The Kier molecular flexibility index (Phi) is 5.36. The third-order valence-electron chi connectivity index (χ3n) is 3.66. The number of aryl methyl sites for hydroxylation is 1. The molecular weight excluding hydrogens is 288 g/mol. The molecular formula is C15H22N2O3S. The number of esters is 1. The number of carbonyl (C=O) groups is 2. The molecule has 0 bridgehead atoms. The molecule has 1 aromatic heterocycles. The van der Waals surface area contributed by atoms with E-state index < -0.39 is 0 Å². The van der Waals surface area contributed by atoms with E-state index in [0.29, 0.717) is 17.2 Å². The van der Waals surface area contributed by atoms with Crippen LogP contribution >= 0.6 is 11.3 Å². The van der Waals surface area contributed by atoms with Gasteiger partial charge in [-0.25, -0.2) is 4.79 Å². The van der Waals surface area contributed by atoms with Crippen molar-refractivity contribution >= 4 is 28.2 Å². The van der Waals surface area contributed by atoms with Gasteiger partial charge in [0, 0.05) is 4.88 Å². The quantitative estimate of drug-likeness (QED) is 0.820. The van der Waals surface area contributed by atoms with Crippen LogP contribution in [0.5, 0.6) is 0 Å². The summed E-state index contributed by atoms with van der Waals surface area (Å²) in [6.45, 7) is 6.95. The van der Waals surface area contributed by atoms with Gasteiger partial charge in [0.15, 0.2) is 0 Å². The highest BCUT2D eigenvalue weighted by atomic mass is 32.1. The van der Waals surface area contributed by atoms with Gasteiger partial charge < -0.3 is 15.4 Å². The summed E-state index contributed by atoms with van der Waals surface area (Å²) in [5, 5.41) is 6.68. The topological polar surface area (TPSA) is 67.4 Å². The van der Waals surface area contributed by atoms with Gasteiger partial charge in [-0.15, -0.1) is 11.3 Å². The third kappa shape index (κ3) is 3.44. The van der Waals surface area contributed by atoms with Gasteiger partial charge in [-0.05, 0) is 45.2 Å². The van der Waals surface area contributed by atoms with Crippen LogP contribution in [0.15, 0.2) is 0 Å². The molecule has 2 heterocycles. The summed E-state index contributed by atoms with van der Waals surface area (Å²) < 4.78 is 5.13. The Bertz CT molecular complexity index is 533. The Labute approximate surface area is 129 Å². The molecule has 0 unspecified atom stereocenters. The van der Waals surface area contributed by atoms with Crippen molar-refractivity contribution in [1.82, 2.24) is 5.32 Å². The first kappa shape index (κ1) is 16.0. The molecule has 116 valence electrons. The van der Waals surface area contributed by atoms with Gasteiger partial charge in [0.2, 0.25) is 5.91 Å². The van der Waals surface area contributed by atoms with E-state index in [9.17, 15) is 9.59 Å².